The zero-order valence-electron chi connectivity index (χ0n) is 20.0. The molecule has 0 aromatic rings. The van der Waals surface area contributed by atoms with Crippen molar-refractivity contribution in [3.63, 3.8) is 0 Å². The molecule has 0 saturated carbocycles. The van der Waals surface area contributed by atoms with Crippen LogP contribution >= 0.6 is 0 Å². The van der Waals surface area contributed by atoms with Gasteiger partial charge in [-0.3, -0.25) is 0 Å². The van der Waals surface area contributed by atoms with Crippen molar-refractivity contribution in [3.05, 3.63) is 0 Å². The Morgan fingerprint density at radius 2 is 0.593 bits per heavy atom. The Kier molecular flexibility index (Phi) is 22.3. The van der Waals surface area contributed by atoms with Crippen LogP contribution in [0.5, 0.6) is 0 Å². The lowest BCUT2D eigenvalue weighted by molar-refractivity contribution is 0.425. The van der Waals surface area contributed by atoms with Gasteiger partial charge in [-0.25, -0.2) is 0 Å². The van der Waals surface area contributed by atoms with Gasteiger partial charge in [0.1, 0.15) is 0 Å². The summed E-state index contributed by atoms with van der Waals surface area (Å²) in [5, 5.41) is 0. The van der Waals surface area contributed by atoms with E-state index < -0.39 is 0 Å². The summed E-state index contributed by atoms with van der Waals surface area (Å²) in [5.74, 6) is 1.93. The van der Waals surface area contributed by atoms with Crippen LogP contribution in [0.2, 0.25) is 0 Å². The smallest absolute Gasteiger partial charge is 0.0443 e. The van der Waals surface area contributed by atoms with Crippen molar-refractivity contribution in [1.82, 2.24) is 0 Å². The van der Waals surface area contributed by atoms with Gasteiger partial charge in [0.2, 0.25) is 0 Å². The summed E-state index contributed by atoms with van der Waals surface area (Å²) in [4.78, 5) is 0. The fourth-order valence-corrected chi connectivity index (χ4v) is 4.34. The first-order valence-corrected chi connectivity index (χ1v) is 13.2. The fourth-order valence-electron chi connectivity index (χ4n) is 4.34. The van der Waals surface area contributed by atoms with Crippen LogP contribution in [0.25, 0.3) is 0 Å². The van der Waals surface area contributed by atoms with Crippen LogP contribution in [0.3, 0.4) is 0 Å². The maximum Gasteiger partial charge on any atom is -0.0443 e. The van der Waals surface area contributed by atoms with Crippen LogP contribution in [0.1, 0.15) is 163 Å². The van der Waals surface area contributed by atoms with Crippen LogP contribution in [0.15, 0.2) is 0 Å². The molecule has 0 N–H and O–H groups in total. The first kappa shape index (κ1) is 27.0. The number of hydrogen-bond acceptors (Lipinski definition) is 0. The molecule has 0 aliphatic rings. The van der Waals surface area contributed by atoms with E-state index in [1.54, 1.807) is 0 Å². The lowest BCUT2D eigenvalue weighted by Gasteiger charge is -2.11. The van der Waals surface area contributed by atoms with Gasteiger partial charge >= 0.3 is 0 Å². The van der Waals surface area contributed by atoms with E-state index in [9.17, 15) is 0 Å². The topological polar surface area (TPSA) is 0 Å². The van der Waals surface area contributed by atoms with E-state index >= 15 is 0 Å². The quantitative estimate of drug-likeness (QED) is 0.164. The molecule has 0 spiro atoms. The Labute approximate surface area is 174 Å². The Hall–Kier alpha value is 0. The minimum absolute atomic E-state index is 0.965. The van der Waals surface area contributed by atoms with E-state index in [0.29, 0.717) is 0 Å². The summed E-state index contributed by atoms with van der Waals surface area (Å²) in [6.07, 6.45) is 30.7. The molecule has 164 valence electrons. The molecule has 2 unspecified atom stereocenters. The predicted octanol–water partition coefficient (Wildman–Crippen LogP) is 10.5. The van der Waals surface area contributed by atoms with Gasteiger partial charge in [0.05, 0.1) is 0 Å². The second kappa shape index (κ2) is 22.3. The van der Waals surface area contributed by atoms with Gasteiger partial charge in [0, 0.05) is 0 Å². The molecule has 0 fully saturated rings. The maximum absolute atomic E-state index is 2.49. The summed E-state index contributed by atoms with van der Waals surface area (Å²) in [5.41, 5.74) is 0. The third-order valence-electron chi connectivity index (χ3n) is 6.49. The van der Waals surface area contributed by atoms with Gasteiger partial charge in [0.15, 0.2) is 0 Å². The van der Waals surface area contributed by atoms with E-state index in [0.717, 1.165) is 11.8 Å². The molecular formula is C27H56. The minimum Gasteiger partial charge on any atom is -0.0654 e. The van der Waals surface area contributed by atoms with Crippen molar-refractivity contribution in [2.45, 2.75) is 163 Å². The third kappa shape index (κ3) is 22.2. The third-order valence-corrected chi connectivity index (χ3v) is 6.49. The summed E-state index contributed by atoms with van der Waals surface area (Å²) in [6.45, 7) is 9.55. The average molecular weight is 381 g/mol. The molecule has 0 nitrogen and oxygen atoms in total. The zero-order chi connectivity index (χ0) is 20.0. The summed E-state index contributed by atoms with van der Waals surface area (Å²) < 4.78 is 0. The number of rotatable bonds is 22. The lowest BCUT2D eigenvalue weighted by atomic mass is 9.95. The first-order valence-electron chi connectivity index (χ1n) is 13.2. The molecule has 0 radical (unpaired) electrons. The van der Waals surface area contributed by atoms with Gasteiger partial charge in [-0.1, -0.05) is 163 Å². The van der Waals surface area contributed by atoms with Crippen LogP contribution in [-0.4, -0.2) is 0 Å². The average Bonchev–Trinajstić information content (AvgIpc) is 2.67. The van der Waals surface area contributed by atoms with Gasteiger partial charge in [0.25, 0.3) is 0 Å². The van der Waals surface area contributed by atoms with Crippen LogP contribution < -0.4 is 0 Å². The van der Waals surface area contributed by atoms with Crippen molar-refractivity contribution in [2.75, 3.05) is 0 Å². The number of hydrogen-bond donors (Lipinski definition) is 0. The summed E-state index contributed by atoms with van der Waals surface area (Å²) >= 11 is 0. The molecule has 27 heavy (non-hydrogen) atoms. The lowest BCUT2D eigenvalue weighted by Crippen LogP contribution is -1.95. The maximum atomic E-state index is 2.49. The standard InChI is InChI=1S/C27H56/c1-5-7-9-10-11-13-16-20-24-27(4)25-21-18-15-12-14-17-19-23-26(3)22-8-6-2/h26-27H,5-25H2,1-4H3. The second-order valence-corrected chi connectivity index (χ2v) is 9.67. The minimum atomic E-state index is 0.965. The Morgan fingerprint density at radius 3 is 0.926 bits per heavy atom. The van der Waals surface area contributed by atoms with Gasteiger partial charge < -0.3 is 0 Å². The first-order chi connectivity index (χ1) is 13.2. The van der Waals surface area contributed by atoms with Crippen LogP contribution in [0, 0.1) is 11.8 Å². The Balaban J connectivity index is 3.19. The molecule has 0 heterocycles. The molecule has 0 aliphatic carbocycles. The van der Waals surface area contributed by atoms with E-state index in [1.165, 1.54) is 135 Å². The van der Waals surface area contributed by atoms with E-state index in [-0.39, 0.29) is 0 Å². The Bertz CT molecular complexity index is 257. The van der Waals surface area contributed by atoms with Crippen LogP contribution in [0.4, 0.5) is 0 Å². The molecule has 0 amide bonds. The van der Waals surface area contributed by atoms with Crippen molar-refractivity contribution in [1.29, 1.82) is 0 Å². The second-order valence-electron chi connectivity index (χ2n) is 9.67. The van der Waals surface area contributed by atoms with Crippen molar-refractivity contribution < 1.29 is 0 Å². The fraction of sp³-hybridized carbons (Fsp3) is 1.00. The highest BCUT2D eigenvalue weighted by molar-refractivity contribution is 4.57. The highest BCUT2D eigenvalue weighted by atomic mass is 14.1. The van der Waals surface area contributed by atoms with Gasteiger partial charge in [-0.05, 0) is 11.8 Å². The molecule has 0 heteroatoms. The largest absolute Gasteiger partial charge is 0.0654 e. The van der Waals surface area contributed by atoms with Crippen molar-refractivity contribution in [3.8, 4) is 0 Å². The van der Waals surface area contributed by atoms with Crippen molar-refractivity contribution in [2.24, 2.45) is 11.8 Å². The van der Waals surface area contributed by atoms with Gasteiger partial charge in [-0.15, -0.1) is 0 Å². The normalized spacial score (nSPS) is 13.8. The van der Waals surface area contributed by atoms with Crippen LogP contribution in [-0.2, 0) is 0 Å². The summed E-state index contributed by atoms with van der Waals surface area (Å²) in [7, 11) is 0. The molecule has 0 saturated heterocycles. The van der Waals surface area contributed by atoms with E-state index in [4.69, 9.17) is 0 Å². The molecule has 0 rings (SSSR count). The van der Waals surface area contributed by atoms with E-state index in [2.05, 4.69) is 27.7 Å². The highest BCUT2D eigenvalue weighted by Crippen LogP contribution is 2.20. The SMILES string of the molecule is CCCCCCCCCCC(C)CCCCCCCCCC(C)CCCC. The molecular weight excluding hydrogens is 324 g/mol. The Morgan fingerprint density at radius 1 is 0.333 bits per heavy atom. The molecule has 0 aliphatic heterocycles. The van der Waals surface area contributed by atoms with Gasteiger partial charge in [-0.2, -0.15) is 0 Å². The monoisotopic (exact) mass is 380 g/mol. The molecule has 2 atom stereocenters. The van der Waals surface area contributed by atoms with E-state index in [1.807, 2.05) is 0 Å². The highest BCUT2D eigenvalue weighted by Gasteiger charge is 2.03. The molecule has 0 aromatic carbocycles. The zero-order valence-corrected chi connectivity index (χ0v) is 20.0. The van der Waals surface area contributed by atoms with Crippen molar-refractivity contribution >= 4 is 0 Å². The summed E-state index contributed by atoms with van der Waals surface area (Å²) in [6, 6.07) is 0. The number of unbranched alkanes of at least 4 members (excludes halogenated alkanes) is 14. The molecule has 0 bridgehead atoms. The predicted molar refractivity (Wildman–Crippen MR) is 127 cm³/mol. The molecule has 0 aromatic heterocycles.